The quantitative estimate of drug-likeness (QED) is 0.730. The summed E-state index contributed by atoms with van der Waals surface area (Å²) in [4.78, 5) is 9.60. The molecule has 1 aliphatic heterocycles. The molecule has 0 spiro atoms. The van der Waals surface area contributed by atoms with Crippen LogP contribution >= 0.6 is 0 Å². The predicted molar refractivity (Wildman–Crippen MR) is 86.1 cm³/mol. The Kier molecular flexibility index (Phi) is 12.2. The molecule has 0 aromatic heterocycles. The van der Waals surface area contributed by atoms with Crippen LogP contribution in [0.5, 0.6) is 0 Å². The Bertz CT molecular complexity index is 354. The molecule has 22 heavy (non-hydrogen) atoms. The maximum atomic E-state index is 9.60. The van der Waals surface area contributed by atoms with Crippen LogP contribution in [0.3, 0.4) is 0 Å². The number of carbonyl (C=O) groups is 1. The Morgan fingerprint density at radius 1 is 1.32 bits per heavy atom. The molecule has 4 N–H and O–H groups in total. The molecule has 8 heteroatoms. The first kappa shape index (κ1) is 23.3. The lowest BCUT2D eigenvalue weighted by atomic mass is 10.1. The molecule has 1 fully saturated rings. The summed E-state index contributed by atoms with van der Waals surface area (Å²) in [6.45, 7) is 2.19. The van der Waals surface area contributed by atoms with Crippen LogP contribution in [0.4, 0.5) is 0 Å². The summed E-state index contributed by atoms with van der Waals surface area (Å²) in [6, 6.07) is 2.66. The summed E-state index contributed by atoms with van der Waals surface area (Å²) in [5.41, 5.74) is 4.54. The lowest BCUT2D eigenvalue weighted by molar-refractivity contribution is -0.117. The Labute approximate surface area is 134 Å². The molecule has 0 radical (unpaired) electrons. The number of primary amides is 1. The van der Waals surface area contributed by atoms with Crippen LogP contribution in [0.2, 0.25) is 6.04 Å². The van der Waals surface area contributed by atoms with Crippen molar-refractivity contribution >= 4 is 14.5 Å². The van der Waals surface area contributed by atoms with Gasteiger partial charge in [-0.05, 0) is 18.9 Å². The van der Waals surface area contributed by atoms with E-state index in [-0.39, 0.29) is 17.1 Å². The lowest BCUT2D eigenvalue weighted by Gasteiger charge is -2.47. The first-order valence-electron chi connectivity index (χ1n) is 7.28. The number of carbonyl (C=O) groups excluding carboxylic acids is 1. The number of nitrogens with two attached hydrogens (primary N) is 1. The van der Waals surface area contributed by atoms with Crippen LogP contribution in [0.25, 0.3) is 0 Å². The number of methoxy groups -OCH3 is 1. The minimum atomic E-state index is -2.15. The highest BCUT2D eigenvalue weighted by molar-refractivity contribution is 6.70. The van der Waals surface area contributed by atoms with Crippen LogP contribution in [-0.2, 0) is 18.4 Å². The summed E-state index contributed by atoms with van der Waals surface area (Å²) >= 11 is 0. The molecular formula is C14H30N2O5Si. The molecule has 0 bridgehead atoms. The third-order valence-electron chi connectivity index (χ3n) is 3.99. The van der Waals surface area contributed by atoms with Gasteiger partial charge in [-0.15, -0.1) is 0 Å². The topological polar surface area (TPSA) is 126 Å². The zero-order chi connectivity index (χ0) is 16.4. The molecule has 1 amide bonds. The maximum absolute atomic E-state index is 9.60. The van der Waals surface area contributed by atoms with Crippen molar-refractivity contribution in [2.24, 2.45) is 5.73 Å². The van der Waals surface area contributed by atoms with Gasteiger partial charge in [0.15, 0.2) is 0 Å². The summed E-state index contributed by atoms with van der Waals surface area (Å²) in [7, 11) is 3.22. The molecule has 1 aliphatic rings. The van der Waals surface area contributed by atoms with Gasteiger partial charge in [-0.3, -0.25) is 4.79 Å². The van der Waals surface area contributed by atoms with Crippen LogP contribution < -0.4 is 5.73 Å². The molecule has 1 atom stereocenters. The smallest absolute Gasteiger partial charge is 0.370 e. The number of nitrogens with zero attached hydrogens (tertiary/aromatic N) is 1. The average molecular weight is 334 g/mol. The van der Waals surface area contributed by atoms with Gasteiger partial charge < -0.3 is 24.8 Å². The molecule has 0 aromatic carbocycles. The average Bonchev–Trinajstić information content (AvgIpc) is 2.48. The van der Waals surface area contributed by atoms with Crippen molar-refractivity contribution < 1.29 is 23.9 Å². The highest BCUT2D eigenvalue weighted by atomic mass is 28.4. The number of rotatable bonds is 6. The molecule has 1 saturated heterocycles. The van der Waals surface area contributed by atoms with Gasteiger partial charge in [0.1, 0.15) is 11.6 Å². The Balaban J connectivity index is 0. The van der Waals surface area contributed by atoms with Gasteiger partial charge in [0.25, 0.3) is 0 Å². The Morgan fingerprint density at radius 2 is 1.91 bits per heavy atom. The molecule has 0 aromatic rings. The van der Waals surface area contributed by atoms with Gasteiger partial charge in [-0.1, -0.05) is 26.2 Å². The minimum absolute atomic E-state index is 0. The van der Waals surface area contributed by atoms with E-state index in [0.717, 1.165) is 25.3 Å². The first-order chi connectivity index (χ1) is 9.97. The van der Waals surface area contributed by atoms with E-state index in [4.69, 9.17) is 18.9 Å². The van der Waals surface area contributed by atoms with Crippen molar-refractivity contribution in [3.8, 4) is 6.07 Å². The van der Waals surface area contributed by atoms with Gasteiger partial charge in [0.05, 0.1) is 6.07 Å². The summed E-state index contributed by atoms with van der Waals surface area (Å²) < 4.78 is 17.4. The van der Waals surface area contributed by atoms with Gasteiger partial charge in [-0.2, -0.15) is 5.26 Å². The van der Waals surface area contributed by atoms with Crippen LogP contribution in [0.1, 0.15) is 45.4 Å². The van der Waals surface area contributed by atoms with Crippen LogP contribution in [0.15, 0.2) is 0 Å². The van der Waals surface area contributed by atoms with Gasteiger partial charge >= 0.3 is 8.56 Å². The van der Waals surface area contributed by atoms with Crippen molar-refractivity contribution in [1.82, 2.24) is 0 Å². The van der Waals surface area contributed by atoms with Gasteiger partial charge in [-0.25, -0.2) is 0 Å². The van der Waals surface area contributed by atoms with E-state index in [0.29, 0.717) is 0 Å². The van der Waals surface area contributed by atoms with Crippen molar-refractivity contribution in [3.05, 3.63) is 0 Å². The summed E-state index contributed by atoms with van der Waals surface area (Å²) in [5, 5.41) is 7.56. The fourth-order valence-corrected chi connectivity index (χ4v) is 6.99. The fourth-order valence-electron chi connectivity index (χ4n) is 3.00. The Hall–Kier alpha value is -0.983. The third kappa shape index (κ3) is 5.66. The van der Waals surface area contributed by atoms with Gasteiger partial charge in [0, 0.05) is 21.3 Å². The number of hydrogen-bond acceptors (Lipinski definition) is 5. The van der Waals surface area contributed by atoms with E-state index < -0.39 is 14.5 Å². The van der Waals surface area contributed by atoms with Crippen molar-refractivity contribution in [1.29, 1.82) is 5.26 Å². The van der Waals surface area contributed by atoms with Crippen molar-refractivity contribution in [3.63, 3.8) is 0 Å². The van der Waals surface area contributed by atoms with E-state index in [1.54, 1.807) is 27.4 Å². The predicted octanol–water partition coefficient (Wildman–Crippen LogP) is 1.19. The third-order valence-corrected chi connectivity index (χ3v) is 8.41. The zero-order valence-corrected chi connectivity index (χ0v) is 15.1. The number of hydrogen-bond donors (Lipinski definition) is 1. The zero-order valence-electron chi connectivity index (χ0n) is 14.1. The second-order valence-corrected chi connectivity index (χ2v) is 8.85. The second-order valence-electron chi connectivity index (χ2n) is 5.12. The van der Waals surface area contributed by atoms with E-state index in [1.807, 2.05) is 0 Å². The number of nitriles is 1. The first-order valence-corrected chi connectivity index (χ1v) is 9.30. The van der Waals surface area contributed by atoms with Crippen molar-refractivity contribution in [2.45, 2.75) is 56.7 Å². The SMILES string of the molecule is CCCC1(OC)CCCC[Si]1(OC)OC.N#CCC(N)=O.O. The molecule has 0 saturated carbocycles. The molecule has 1 unspecified atom stereocenters. The molecule has 130 valence electrons. The van der Waals surface area contributed by atoms with Crippen LogP contribution in [0, 0.1) is 11.3 Å². The van der Waals surface area contributed by atoms with Crippen molar-refractivity contribution in [2.75, 3.05) is 21.3 Å². The molecule has 1 rings (SSSR count). The summed E-state index contributed by atoms with van der Waals surface area (Å²) in [6.07, 6.45) is 5.52. The molecule has 0 aliphatic carbocycles. The highest BCUT2D eigenvalue weighted by Crippen LogP contribution is 2.42. The van der Waals surface area contributed by atoms with Gasteiger partial charge in [0.2, 0.25) is 5.91 Å². The maximum Gasteiger partial charge on any atom is 0.370 e. The summed E-state index contributed by atoms with van der Waals surface area (Å²) in [5.74, 6) is -0.572. The minimum Gasteiger partial charge on any atom is -0.412 e. The van der Waals surface area contributed by atoms with E-state index in [2.05, 4.69) is 12.7 Å². The monoisotopic (exact) mass is 334 g/mol. The Morgan fingerprint density at radius 3 is 2.23 bits per heavy atom. The van der Waals surface area contributed by atoms with E-state index in [1.165, 1.54) is 12.8 Å². The second kappa shape index (κ2) is 11.6. The molecular weight excluding hydrogens is 304 g/mol. The number of ether oxygens (including phenoxy) is 1. The molecule has 1 heterocycles. The fraction of sp³-hybridized carbons (Fsp3) is 0.857. The van der Waals surface area contributed by atoms with Crippen LogP contribution in [-0.4, -0.2) is 46.5 Å². The lowest BCUT2D eigenvalue weighted by Crippen LogP contribution is -2.64. The van der Waals surface area contributed by atoms with E-state index >= 15 is 0 Å². The molecule has 7 nitrogen and oxygen atoms in total. The highest BCUT2D eigenvalue weighted by Gasteiger charge is 2.58. The van der Waals surface area contributed by atoms with E-state index in [9.17, 15) is 4.79 Å². The number of amides is 1. The standard InChI is InChI=1S/C11H24O3Si.C3H4N2O.H2O/c1-5-8-11(12-2)9-6-7-10-15(11,13-3)14-4;4-2-1-3(5)6;/h5-10H2,1-4H3;1H2,(H2,5,6);1H2. The largest absolute Gasteiger partial charge is 0.412 e. The normalized spacial score (nSPS) is 22.5.